The first-order chi connectivity index (χ1) is 11.7. The fourth-order valence-corrected chi connectivity index (χ4v) is 4.22. The maximum atomic E-state index is 12.9. The first kappa shape index (κ1) is 22.9. The molecule has 0 bridgehead atoms. The van der Waals surface area contributed by atoms with Crippen LogP contribution in [0.1, 0.15) is 66.7 Å². The Labute approximate surface area is 155 Å². The normalized spacial score (nSPS) is 25.3. The van der Waals surface area contributed by atoms with Gasteiger partial charge in [-0.3, -0.25) is 10.2 Å². The van der Waals surface area contributed by atoms with E-state index in [1.54, 1.807) is 0 Å². The zero-order valence-corrected chi connectivity index (χ0v) is 16.5. The number of carbonyl (C=O) groups is 1. The average molecular weight is 377 g/mol. The zero-order valence-electron chi connectivity index (χ0n) is 16.5. The number of hydrogen-bond donors (Lipinski definition) is 3. The van der Waals surface area contributed by atoms with Crippen LogP contribution in [0.15, 0.2) is 0 Å². The van der Waals surface area contributed by atoms with E-state index in [2.05, 4.69) is 33.0 Å². The van der Waals surface area contributed by atoms with Crippen molar-refractivity contribution in [2.75, 3.05) is 0 Å². The summed E-state index contributed by atoms with van der Waals surface area (Å²) in [6, 6.07) is -1.23. The molecule has 0 spiro atoms. The fourth-order valence-electron chi connectivity index (χ4n) is 4.22. The molecule has 0 aliphatic heterocycles. The topological polar surface area (TPSA) is 79.0 Å². The Kier molecular flexibility index (Phi) is 7.69. The van der Waals surface area contributed by atoms with Crippen molar-refractivity contribution in [2.24, 2.45) is 28.9 Å². The van der Waals surface area contributed by atoms with Crippen molar-refractivity contribution in [1.82, 2.24) is 5.32 Å². The molecule has 1 amide bonds. The molecule has 26 heavy (non-hydrogen) atoms. The van der Waals surface area contributed by atoms with E-state index in [0.717, 1.165) is 32.1 Å². The van der Waals surface area contributed by atoms with Crippen molar-refractivity contribution in [1.29, 1.82) is 5.41 Å². The summed E-state index contributed by atoms with van der Waals surface area (Å²) in [7, 11) is 0. The summed E-state index contributed by atoms with van der Waals surface area (Å²) >= 11 is 0. The van der Waals surface area contributed by atoms with E-state index in [1.807, 2.05) is 0 Å². The molecule has 7 heteroatoms. The minimum atomic E-state index is -4.85. The molecule has 1 rings (SSSR count). The van der Waals surface area contributed by atoms with Crippen LogP contribution in [0.5, 0.6) is 0 Å². The Morgan fingerprint density at radius 3 is 2.19 bits per heavy atom. The summed E-state index contributed by atoms with van der Waals surface area (Å²) in [5, 5.41) is 10.2. The van der Waals surface area contributed by atoms with Crippen LogP contribution in [0, 0.1) is 28.6 Å². The molecule has 0 aromatic heterocycles. The quantitative estimate of drug-likeness (QED) is 0.604. The maximum absolute atomic E-state index is 12.9. The lowest BCUT2D eigenvalue weighted by Gasteiger charge is -2.39. The Morgan fingerprint density at radius 1 is 1.19 bits per heavy atom. The van der Waals surface area contributed by atoms with E-state index in [-0.39, 0.29) is 17.4 Å². The predicted octanol–water partition coefficient (Wildman–Crippen LogP) is 4.28. The van der Waals surface area contributed by atoms with Gasteiger partial charge in [0.25, 0.3) is 0 Å². The third-order valence-corrected chi connectivity index (χ3v) is 5.24. The molecular weight excluding hydrogens is 343 g/mol. The Hall–Kier alpha value is -1.11. The van der Waals surface area contributed by atoms with Gasteiger partial charge in [0.1, 0.15) is 5.71 Å². The van der Waals surface area contributed by atoms with Crippen molar-refractivity contribution in [3.8, 4) is 0 Å². The first-order valence-corrected chi connectivity index (χ1v) is 9.45. The van der Waals surface area contributed by atoms with E-state index < -0.39 is 29.8 Å². The van der Waals surface area contributed by atoms with Gasteiger partial charge in [0, 0.05) is 12.1 Å². The van der Waals surface area contributed by atoms with Gasteiger partial charge in [-0.2, -0.15) is 13.2 Å². The molecule has 5 unspecified atom stereocenters. The highest BCUT2D eigenvalue weighted by Gasteiger charge is 2.45. The number of nitrogens with two attached hydrogens (primary N) is 1. The molecule has 4 nitrogen and oxygen atoms in total. The zero-order chi connectivity index (χ0) is 20.3. The van der Waals surface area contributed by atoms with E-state index in [0.29, 0.717) is 5.92 Å². The molecule has 0 saturated heterocycles. The van der Waals surface area contributed by atoms with Crippen LogP contribution in [0.3, 0.4) is 0 Å². The van der Waals surface area contributed by atoms with Crippen molar-refractivity contribution in [3.05, 3.63) is 0 Å². The highest BCUT2D eigenvalue weighted by Crippen LogP contribution is 2.37. The summed E-state index contributed by atoms with van der Waals surface area (Å²) in [6.45, 7) is 9.98. The lowest BCUT2D eigenvalue weighted by Crippen LogP contribution is -2.53. The largest absolute Gasteiger partial charge is 0.429 e. The molecule has 1 aliphatic rings. The number of nitrogens with one attached hydrogen (secondary N) is 2. The van der Waals surface area contributed by atoms with Crippen LogP contribution in [0.2, 0.25) is 0 Å². The van der Waals surface area contributed by atoms with E-state index in [4.69, 9.17) is 11.1 Å². The molecule has 5 atom stereocenters. The predicted molar refractivity (Wildman–Crippen MR) is 98.0 cm³/mol. The van der Waals surface area contributed by atoms with Crippen molar-refractivity contribution in [3.63, 3.8) is 0 Å². The standard InChI is InChI=1S/C19H34F3N3O/c1-11(10-18(3,4)5)13-8-6-7-9-14(13)25-17(26)15(12(2)23)16(24)19(20,21)22/h11-15,24H,6-10,23H2,1-5H3,(H,25,26). The lowest BCUT2D eigenvalue weighted by molar-refractivity contribution is -0.126. The van der Waals surface area contributed by atoms with Crippen molar-refractivity contribution < 1.29 is 18.0 Å². The minimum Gasteiger partial charge on any atom is -0.352 e. The van der Waals surface area contributed by atoms with Gasteiger partial charge in [-0.15, -0.1) is 0 Å². The lowest BCUT2D eigenvalue weighted by atomic mass is 9.71. The summed E-state index contributed by atoms with van der Waals surface area (Å²) in [4.78, 5) is 12.6. The minimum absolute atomic E-state index is 0.151. The SMILES string of the molecule is CC(N)C(C(=N)C(F)(F)F)C(=O)NC1CCCCC1C(C)CC(C)(C)C. The van der Waals surface area contributed by atoms with Crippen molar-refractivity contribution >= 4 is 11.6 Å². The summed E-state index contributed by atoms with van der Waals surface area (Å²) in [5.41, 5.74) is 4.20. The molecule has 0 aromatic carbocycles. The number of halogens is 3. The van der Waals surface area contributed by atoms with Gasteiger partial charge in [0.05, 0.1) is 5.92 Å². The van der Waals surface area contributed by atoms with E-state index in [1.165, 1.54) is 6.92 Å². The third kappa shape index (κ3) is 6.56. The maximum Gasteiger partial charge on any atom is 0.429 e. The molecule has 1 aliphatic carbocycles. The number of carbonyl (C=O) groups excluding carboxylic acids is 1. The Balaban J connectivity index is 2.90. The molecule has 0 heterocycles. The van der Waals surface area contributed by atoms with Crippen LogP contribution in [0.4, 0.5) is 13.2 Å². The number of amides is 1. The molecule has 0 radical (unpaired) electrons. The van der Waals surface area contributed by atoms with Gasteiger partial charge in [0.15, 0.2) is 0 Å². The highest BCUT2D eigenvalue weighted by atomic mass is 19.4. The van der Waals surface area contributed by atoms with Gasteiger partial charge >= 0.3 is 6.18 Å². The smallest absolute Gasteiger partial charge is 0.352 e. The molecule has 0 aromatic rings. The van der Waals surface area contributed by atoms with Gasteiger partial charge in [-0.05, 0) is 43.4 Å². The van der Waals surface area contributed by atoms with Crippen molar-refractivity contribution in [2.45, 2.75) is 85.0 Å². The second-order valence-electron chi connectivity index (χ2n) is 9.05. The van der Waals surface area contributed by atoms with Gasteiger partial charge in [-0.1, -0.05) is 40.5 Å². The number of alkyl halides is 3. The molecule has 1 saturated carbocycles. The highest BCUT2D eigenvalue weighted by molar-refractivity contribution is 6.06. The number of rotatable bonds is 6. The monoisotopic (exact) mass is 377 g/mol. The van der Waals surface area contributed by atoms with Crippen LogP contribution in [-0.4, -0.2) is 29.9 Å². The average Bonchev–Trinajstić information content (AvgIpc) is 2.44. The van der Waals surface area contributed by atoms with Crippen LogP contribution < -0.4 is 11.1 Å². The third-order valence-electron chi connectivity index (χ3n) is 5.24. The molecule has 4 N–H and O–H groups in total. The summed E-state index contributed by atoms with van der Waals surface area (Å²) in [6.07, 6.45) is -0.123. The summed E-state index contributed by atoms with van der Waals surface area (Å²) in [5.74, 6) is -1.85. The van der Waals surface area contributed by atoms with Crippen LogP contribution >= 0.6 is 0 Å². The van der Waals surface area contributed by atoms with E-state index in [9.17, 15) is 18.0 Å². The van der Waals surface area contributed by atoms with Crippen LogP contribution in [0.25, 0.3) is 0 Å². The first-order valence-electron chi connectivity index (χ1n) is 9.45. The Bertz CT molecular complexity index is 497. The molecule has 152 valence electrons. The molecule has 1 fully saturated rings. The second-order valence-corrected chi connectivity index (χ2v) is 9.05. The fraction of sp³-hybridized carbons (Fsp3) is 0.895. The molecular formula is C19H34F3N3O. The summed E-state index contributed by atoms with van der Waals surface area (Å²) < 4.78 is 38.8. The number of hydrogen-bond acceptors (Lipinski definition) is 3. The van der Waals surface area contributed by atoms with Gasteiger partial charge in [-0.25, -0.2) is 0 Å². The van der Waals surface area contributed by atoms with Crippen LogP contribution in [-0.2, 0) is 4.79 Å². The Morgan fingerprint density at radius 2 is 1.73 bits per heavy atom. The second kappa shape index (κ2) is 8.72. The van der Waals surface area contributed by atoms with Gasteiger partial charge < -0.3 is 11.1 Å². The van der Waals surface area contributed by atoms with E-state index >= 15 is 0 Å². The van der Waals surface area contributed by atoms with Gasteiger partial charge in [0.2, 0.25) is 5.91 Å².